The highest BCUT2D eigenvalue weighted by atomic mass is 16.5. The van der Waals surface area contributed by atoms with Gasteiger partial charge < -0.3 is 4.74 Å². The lowest BCUT2D eigenvalue weighted by molar-refractivity contribution is -0.116. The maximum Gasteiger partial charge on any atom is 0.134 e. The van der Waals surface area contributed by atoms with E-state index in [2.05, 4.69) is 13.0 Å². The first kappa shape index (κ1) is 9.25. The van der Waals surface area contributed by atoms with Gasteiger partial charge in [0.15, 0.2) is 0 Å². The summed E-state index contributed by atoms with van der Waals surface area (Å²) >= 11 is 0. The van der Waals surface area contributed by atoms with E-state index < -0.39 is 0 Å². The fourth-order valence-electron chi connectivity index (χ4n) is 1.82. The van der Waals surface area contributed by atoms with Gasteiger partial charge in [-0.15, -0.1) is 0 Å². The Kier molecular flexibility index (Phi) is 2.28. The molecule has 1 heterocycles. The van der Waals surface area contributed by atoms with Gasteiger partial charge in [0.1, 0.15) is 11.5 Å². The van der Waals surface area contributed by atoms with E-state index in [0.717, 1.165) is 17.9 Å². The number of rotatable bonds is 2. The molecule has 2 heteroatoms. The van der Waals surface area contributed by atoms with E-state index in [9.17, 15) is 4.79 Å². The highest BCUT2D eigenvalue weighted by Gasteiger charge is 2.20. The van der Waals surface area contributed by atoms with Crippen LogP contribution in [0.1, 0.15) is 30.9 Å². The first-order chi connectivity index (χ1) is 6.66. The monoisotopic (exact) mass is 190 g/mol. The third-order valence-electron chi connectivity index (χ3n) is 2.55. The van der Waals surface area contributed by atoms with Crippen LogP contribution in [-0.2, 0) is 11.2 Å². The van der Waals surface area contributed by atoms with Crippen LogP contribution in [0.3, 0.4) is 0 Å². The Balaban J connectivity index is 2.30. The first-order valence-electron chi connectivity index (χ1n) is 4.92. The Morgan fingerprint density at radius 3 is 3.07 bits per heavy atom. The molecule has 1 aliphatic rings. The van der Waals surface area contributed by atoms with Gasteiger partial charge in [0.25, 0.3) is 0 Å². The van der Waals surface area contributed by atoms with E-state index in [-0.39, 0.29) is 5.78 Å². The molecule has 14 heavy (non-hydrogen) atoms. The van der Waals surface area contributed by atoms with E-state index in [4.69, 9.17) is 4.74 Å². The highest BCUT2D eigenvalue weighted by Crippen LogP contribution is 2.34. The van der Waals surface area contributed by atoms with Crippen LogP contribution in [0, 0.1) is 0 Å². The molecule has 0 N–H and O–H groups in total. The van der Waals surface area contributed by atoms with Crippen molar-refractivity contribution in [1.82, 2.24) is 0 Å². The highest BCUT2D eigenvalue weighted by molar-refractivity contribution is 5.78. The average molecular weight is 190 g/mol. The number of carbonyl (C=O) groups is 1. The Labute approximate surface area is 83.9 Å². The van der Waals surface area contributed by atoms with Crippen LogP contribution in [0.2, 0.25) is 0 Å². The van der Waals surface area contributed by atoms with Crippen molar-refractivity contribution in [2.75, 3.05) is 6.61 Å². The van der Waals surface area contributed by atoms with Gasteiger partial charge in [-0.1, -0.05) is 19.1 Å². The van der Waals surface area contributed by atoms with Crippen molar-refractivity contribution in [1.29, 1.82) is 0 Å². The molecular formula is C12H14O2. The molecule has 0 fully saturated rings. The van der Waals surface area contributed by atoms with Crippen molar-refractivity contribution in [2.45, 2.75) is 26.2 Å². The second kappa shape index (κ2) is 3.45. The fourth-order valence-corrected chi connectivity index (χ4v) is 1.82. The third kappa shape index (κ3) is 1.65. The Morgan fingerprint density at radius 2 is 2.36 bits per heavy atom. The molecule has 2 rings (SSSR count). The van der Waals surface area contributed by atoms with E-state index >= 15 is 0 Å². The quantitative estimate of drug-likeness (QED) is 0.715. The van der Waals surface area contributed by atoms with Crippen molar-refractivity contribution in [2.24, 2.45) is 0 Å². The molecule has 0 aliphatic carbocycles. The molecule has 1 aliphatic heterocycles. The summed E-state index contributed by atoms with van der Waals surface area (Å²) in [5, 5.41) is 0. The van der Waals surface area contributed by atoms with E-state index in [1.807, 2.05) is 12.1 Å². The van der Waals surface area contributed by atoms with E-state index in [1.54, 1.807) is 6.92 Å². The summed E-state index contributed by atoms with van der Waals surface area (Å²) < 4.78 is 5.49. The van der Waals surface area contributed by atoms with Crippen molar-refractivity contribution in [3.63, 3.8) is 0 Å². The topological polar surface area (TPSA) is 26.3 Å². The lowest BCUT2D eigenvalue weighted by Gasteiger charge is -2.03. The van der Waals surface area contributed by atoms with E-state index in [1.165, 1.54) is 5.56 Å². The fraction of sp³-hybridized carbons (Fsp3) is 0.417. The van der Waals surface area contributed by atoms with Gasteiger partial charge >= 0.3 is 0 Å². The SMILES string of the molecule is CC(=O)Cc1ccc2c(c1)C(C)CO2. The molecule has 0 bridgehead atoms. The third-order valence-corrected chi connectivity index (χ3v) is 2.55. The molecular weight excluding hydrogens is 176 g/mol. The lowest BCUT2D eigenvalue weighted by atomic mass is 9.99. The normalized spacial score (nSPS) is 18.9. The molecule has 1 atom stereocenters. The second-order valence-corrected chi connectivity index (χ2v) is 3.96. The van der Waals surface area contributed by atoms with Gasteiger partial charge in [-0.2, -0.15) is 0 Å². The minimum absolute atomic E-state index is 0.205. The van der Waals surface area contributed by atoms with Crippen molar-refractivity contribution >= 4 is 5.78 Å². The summed E-state index contributed by atoms with van der Waals surface area (Å²) in [6.07, 6.45) is 0.528. The molecule has 0 saturated carbocycles. The second-order valence-electron chi connectivity index (χ2n) is 3.96. The van der Waals surface area contributed by atoms with Crippen LogP contribution >= 0.6 is 0 Å². The predicted molar refractivity (Wildman–Crippen MR) is 54.7 cm³/mol. The number of ether oxygens (including phenoxy) is 1. The maximum absolute atomic E-state index is 11.0. The van der Waals surface area contributed by atoms with Gasteiger partial charge in [-0.05, 0) is 18.6 Å². The smallest absolute Gasteiger partial charge is 0.134 e. The first-order valence-corrected chi connectivity index (χ1v) is 4.92. The van der Waals surface area contributed by atoms with Gasteiger partial charge in [0.05, 0.1) is 6.61 Å². The van der Waals surface area contributed by atoms with Crippen LogP contribution in [-0.4, -0.2) is 12.4 Å². The van der Waals surface area contributed by atoms with Crippen LogP contribution in [0.5, 0.6) is 5.75 Å². The van der Waals surface area contributed by atoms with Crippen molar-refractivity contribution in [3.05, 3.63) is 29.3 Å². The van der Waals surface area contributed by atoms with Crippen molar-refractivity contribution < 1.29 is 9.53 Å². The average Bonchev–Trinajstić information content (AvgIpc) is 2.47. The van der Waals surface area contributed by atoms with Gasteiger partial charge in [-0.3, -0.25) is 4.79 Å². The Bertz CT molecular complexity index is 369. The number of ketones is 1. The molecule has 0 radical (unpaired) electrons. The number of Topliss-reactive ketones (excluding diaryl/α,β-unsaturated/α-hetero) is 1. The zero-order chi connectivity index (χ0) is 10.1. The maximum atomic E-state index is 11.0. The van der Waals surface area contributed by atoms with Gasteiger partial charge in [0, 0.05) is 17.9 Å². The molecule has 1 aromatic rings. The standard InChI is InChI=1S/C12H14O2/c1-8-7-14-12-4-3-10(5-9(2)13)6-11(8)12/h3-4,6,8H,5,7H2,1-2H3. The predicted octanol–water partition coefficient (Wildman–Crippen LogP) is 2.31. The Hall–Kier alpha value is -1.31. The minimum Gasteiger partial charge on any atom is -0.493 e. The van der Waals surface area contributed by atoms with Crippen molar-refractivity contribution in [3.8, 4) is 5.75 Å². The number of fused-ring (bicyclic) bond motifs is 1. The van der Waals surface area contributed by atoms with E-state index in [0.29, 0.717) is 12.3 Å². The number of carbonyl (C=O) groups excluding carboxylic acids is 1. The molecule has 1 aromatic carbocycles. The van der Waals surface area contributed by atoms with Crippen LogP contribution < -0.4 is 4.74 Å². The van der Waals surface area contributed by atoms with Crippen LogP contribution in [0.4, 0.5) is 0 Å². The molecule has 0 spiro atoms. The summed E-state index contributed by atoms with van der Waals surface area (Å²) in [6.45, 7) is 4.52. The summed E-state index contributed by atoms with van der Waals surface area (Å²) in [4.78, 5) is 11.0. The minimum atomic E-state index is 0.205. The lowest BCUT2D eigenvalue weighted by Crippen LogP contribution is -1.97. The molecule has 2 nitrogen and oxygen atoms in total. The van der Waals surface area contributed by atoms with Gasteiger partial charge in [0.2, 0.25) is 0 Å². The number of hydrogen-bond acceptors (Lipinski definition) is 2. The molecule has 0 amide bonds. The number of benzene rings is 1. The zero-order valence-corrected chi connectivity index (χ0v) is 8.54. The summed E-state index contributed by atoms with van der Waals surface area (Å²) in [5.74, 6) is 1.64. The Morgan fingerprint density at radius 1 is 1.57 bits per heavy atom. The van der Waals surface area contributed by atoms with Gasteiger partial charge in [-0.25, -0.2) is 0 Å². The van der Waals surface area contributed by atoms with Crippen LogP contribution in [0.15, 0.2) is 18.2 Å². The largest absolute Gasteiger partial charge is 0.493 e. The summed E-state index contributed by atoms with van der Waals surface area (Å²) in [5.41, 5.74) is 2.33. The molecule has 0 aromatic heterocycles. The molecule has 1 unspecified atom stereocenters. The number of hydrogen-bond donors (Lipinski definition) is 0. The molecule has 74 valence electrons. The zero-order valence-electron chi connectivity index (χ0n) is 8.54. The molecule has 0 saturated heterocycles. The van der Waals surface area contributed by atoms with Crippen LogP contribution in [0.25, 0.3) is 0 Å². The summed E-state index contributed by atoms with van der Waals surface area (Å²) in [7, 11) is 0. The summed E-state index contributed by atoms with van der Waals surface area (Å²) in [6, 6.07) is 6.03.